The van der Waals surface area contributed by atoms with Crippen LogP contribution in [0.25, 0.3) is 11.3 Å². The number of halogens is 1. The molecule has 1 aliphatic rings. The third-order valence-electron chi connectivity index (χ3n) is 4.38. The lowest BCUT2D eigenvalue weighted by Gasteiger charge is -2.23. The van der Waals surface area contributed by atoms with Gasteiger partial charge in [-0.2, -0.15) is 10.4 Å². The Hall–Kier alpha value is -2.15. The van der Waals surface area contributed by atoms with Crippen molar-refractivity contribution in [3.8, 4) is 17.3 Å². The fraction of sp³-hybridized carbons (Fsp3) is 0.444. The van der Waals surface area contributed by atoms with Gasteiger partial charge >= 0.3 is 0 Å². The van der Waals surface area contributed by atoms with Gasteiger partial charge in [0.05, 0.1) is 11.8 Å². The van der Waals surface area contributed by atoms with E-state index in [1.807, 2.05) is 10.7 Å². The lowest BCUT2D eigenvalue weighted by atomic mass is 9.82. The molecule has 4 heteroatoms. The monoisotopic (exact) mass is 297 g/mol. The van der Waals surface area contributed by atoms with Crippen LogP contribution in [0.4, 0.5) is 4.39 Å². The first-order valence-corrected chi connectivity index (χ1v) is 7.86. The lowest BCUT2D eigenvalue weighted by Crippen LogP contribution is -2.14. The molecule has 1 aromatic carbocycles. The number of benzene rings is 1. The second-order valence-corrected chi connectivity index (χ2v) is 6.18. The first kappa shape index (κ1) is 14.8. The van der Waals surface area contributed by atoms with Crippen LogP contribution in [0.15, 0.2) is 24.3 Å². The van der Waals surface area contributed by atoms with Crippen LogP contribution in [0.1, 0.15) is 56.3 Å². The molecule has 0 amide bonds. The van der Waals surface area contributed by atoms with Crippen LogP contribution < -0.4 is 0 Å². The second-order valence-electron chi connectivity index (χ2n) is 6.18. The van der Waals surface area contributed by atoms with Crippen molar-refractivity contribution < 1.29 is 4.39 Å². The molecule has 2 aromatic rings. The molecule has 0 saturated heterocycles. The van der Waals surface area contributed by atoms with Crippen molar-refractivity contribution in [3.05, 3.63) is 41.3 Å². The maximum Gasteiger partial charge on any atom is 0.132 e. The van der Waals surface area contributed by atoms with Crippen molar-refractivity contribution >= 4 is 0 Å². The van der Waals surface area contributed by atoms with Gasteiger partial charge in [-0.25, -0.2) is 4.39 Å². The molecule has 0 aliphatic heterocycles. The van der Waals surface area contributed by atoms with E-state index < -0.39 is 0 Å². The van der Waals surface area contributed by atoms with E-state index in [0.29, 0.717) is 12.0 Å². The minimum atomic E-state index is -0.250. The molecule has 3 nitrogen and oxygen atoms in total. The van der Waals surface area contributed by atoms with Gasteiger partial charge in [0.2, 0.25) is 0 Å². The highest BCUT2D eigenvalue weighted by molar-refractivity contribution is 5.66. The van der Waals surface area contributed by atoms with Crippen LogP contribution >= 0.6 is 0 Å². The Morgan fingerprint density at radius 3 is 2.86 bits per heavy atom. The summed E-state index contributed by atoms with van der Waals surface area (Å²) in [6.45, 7) is 4.18. The van der Waals surface area contributed by atoms with Crippen LogP contribution in [-0.2, 0) is 6.42 Å². The van der Waals surface area contributed by atoms with Gasteiger partial charge in [0.25, 0.3) is 0 Å². The Kier molecular flexibility index (Phi) is 3.98. The van der Waals surface area contributed by atoms with E-state index >= 15 is 0 Å². The number of fused-ring (bicyclic) bond motifs is 1. The number of rotatable bonds is 3. The maximum atomic E-state index is 14.3. The minimum absolute atomic E-state index is 0.163. The topological polar surface area (TPSA) is 41.6 Å². The van der Waals surface area contributed by atoms with Crippen molar-refractivity contribution in [3.63, 3.8) is 0 Å². The van der Waals surface area contributed by atoms with E-state index in [2.05, 4.69) is 19.9 Å². The van der Waals surface area contributed by atoms with Gasteiger partial charge in [-0.05, 0) is 45.2 Å². The Morgan fingerprint density at radius 2 is 2.18 bits per heavy atom. The third-order valence-corrected chi connectivity index (χ3v) is 4.38. The summed E-state index contributed by atoms with van der Waals surface area (Å²) in [6, 6.07) is 9.29. The van der Waals surface area contributed by atoms with E-state index in [1.54, 1.807) is 12.1 Å². The predicted molar refractivity (Wildman–Crippen MR) is 83.9 cm³/mol. The highest BCUT2D eigenvalue weighted by Crippen LogP contribution is 2.41. The van der Waals surface area contributed by atoms with Gasteiger partial charge in [0, 0.05) is 35.2 Å². The summed E-state index contributed by atoms with van der Waals surface area (Å²) in [5, 5.41) is 13.8. The average Bonchev–Trinajstić information content (AvgIpc) is 2.89. The zero-order valence-corrected chi connectivity index (χ0v) is 13.0. The van der Waals surface area contributed by atoms with Crippen molar-refractivity contribution in [2.45, 2.75) is 51.5 Å². The summed E-state index contributed by atoms with van der Waals surface area (Å²) in [5.41, 5.74) is 3.54. The standard InChI is InChI=1S/C18H20FN3/c1-12(2)22-16-9-5-6-13(10-11-20)17(16)18(21-22)14-7-3-4-8-15(14)19/h3-4,7-8,12-13H,5-6,9-10H2,1-2H3. The molecule has 1 unspecified atom stereocenters. The molecule has 0 radical (unpaired) electrons. The molecular weight excluding hydrogens is 277 g/mol. The normalized spacial score (nSPS) is 17.3. The largest absolute Gasteiger partial charge is 0.266 e. The fourth-order valence-corrected chi connectivity index (χ4v) is 3.41. The molecule has 114 valence electrons. The summed E-state index contributed by atoms with van der Waals surface area (Å²) in [5.74, 6) is -0.0872. The summed E-state index contributed by atoms with van der Waals surface area (Å²) in [4.78, 5) is 0. The molecule has 1 heterocycles. The molecule has 0 saturated carbocycles. The maximum absolute atomic E-state index is 14.3. The molecule has 1 atom stereocenters. The van der Waals surface area contributed by atoms with Gasteiger partial charge in [-0.3, -0.25) is 4.68 Å². The number of nitriles is 1. The van der Waals surface area contributed by atoms with Crippen molar-refractivity contribution in [1.29, 1.82) is 5.26 Å². The summed E-state index contributed by atoms with van der Waals surface area (Å²) in [7, 11) is 0. The number of aromatic nitrogens is 2. The molecule has 0 N–H and O–H groups in total. The van der Waals surface area contributed by atoms with E-state index in [9.17, 15) is 4.39 Å². The van der Waals surface area contributed by atoms with Crippen LogP contribution in [0.3, 0.4) is 0 Å². The minimum Gasteiger partial charge on any atom is -0.266 e. The molecule has 0 fully saturated rings. The van der Waals surface area contributed by atoms with Crippen molar-refractivity contribution in [2.24, 2.45) is 0 Å². The first-order valence-electron chi connectivity index (χ1n) is 7.86. The number of nitrogens with zero attached hydrogens (tertiary/aromatic N) is 3. The van der Waals surface area contributed by atoms with E-state index in [0.717, 1.165) is 30.5 Å². The van der Waals surface area contributed by atoms with Gasteiger partial charge in [-0.1, -0.05) is 12.1 Å². The van der Waals surface area contributed by atoms with Gasteiger partial charge in [0.15, 0.2) is 0 Å². The third kappa shape index (κ3) is 2.41. The Bertz CT molecular complexity index is 724. The lowest BCUT2D eigenvalue weighted by molar-refractivity contribution is 0.478. The number of hydrogen-bond acceptors (Lipinski definition) is 2. The SMILES string of the molecule is CC(C)n1nc(-c2ccccc2F)c2c1CCCC2CC#N. The fourth-order valence-electron chi connectivity index (χ4n) is 3.41. The Balaban J connectivity index is 2.22. The molecular formula is C18H20FN3. The van der Waals surface area contributed by atoms with Crippen LogP contribution in [0.5, 0.6) is 0 Å². The highest BCUT2D eigenvalue weighted by atomic mass is 19.1. The first-order chi connectivity index (χ1) is 10.6. The number of hydrogen-bond donors (Lipinski definition) is 0. The zero-order valence-electron chi connectivity index (χ0n) is 13.0. The molecule has 0 spiro atoms. The zero-order chi connectivity index (χ0) is 15.7. The Morgan fingerprint density at radius 1 is 1.41 bits per heavy atom. The Labute approximate surface area is 130 Å². The van der Waals surface area contributed by atoms with E-state index in [4.69, 9.17) is 10.4 Å². The summed E-state index contributed by atoms with van der Waals surface area (Å²) >= 11 is 0. The summed E-state index contributed by atoms with van der Waals surface area (Å²) < 4.78 is 16.3. The smallest absolute Gasteiger partial charge is 0.132 e. The van der Waals surface area contributed by atoms with E-state index in [1.165, 1.54) is 11.8 Å². The molecule has 3 rings (SSSR count). The quantitative estimate of drug-likeness (QED) is 0.830. The van der Waals surface area contributed by atoms with Crippen LogP contribution in [0, 0.1) is 17.1 Å². The van der Waals surface area contributed by atoms with E-state index in [-0.39, 0.29) is 17.8 Å². The average molecular weight is 297 g/mol. The summed E-state index contributed by atoms with van der Waals surface area (Å²) in [6.07, 6.45) is 3.47. The predicted octanol–water partition coefficient (Wildman–Crippen LogP) is 4.60. The van der Waals surface area contributed by atoms with Gasteiger partial charge < -0.3 is 0 Å². The molecule has 1 aliphatic carbocycles. The molecule has 1 aromatic heterocycles. The van der Waals surface area contributed by atoms with Crippen LogP contribution in [0.2, 0.25) is 0 Å². The highest BCUT2D eigenvalue weighted by Gasteiger charge is 2.30. The van der Waals surface area contributed by atoms with Crippen molar-refractivity contribution in [1.82, 2.24) is 9.78 Å². The van der Waals surface area contributed by atoms with Crippen LogP contribution in [-0.4, -0.2) is 9.78 Å². The second kappa shape index (κ2) is 5.92. The molecule has 22 heavy (non-hydrogen) atoms. The molecule has 0 bridgehead atoms. The van der Waals surface area contributed by atoms with Gasteiger partial charge in [-0.15, -0.1) is 0 Å². The van der Waals surface area contributed by atoms with Crippen molar-refractivity contribution in [2.75, 3.05) is 0 Å². The van der Waals surface area contributed by atoms with Gasteiger partial charge in [0.1, 0.15) is 5.82 Å².